The van der Waals surface area contributed by atoms with Crippen LogP contribution in [0.5, 0.6) is 5.75 Å². The van der Waals surface area contributed by atoms with Crippen molar-refractivity contribution in [2.75, 3.05) is 5.32 Å². The molecule has 0 fully saturated rings. The minimum absolute atomic E-state index is 0.220. The van der Waals surface area contributed by atoms with Crippen molar-refractivity contribution in [3.8, 4) is 22.9 Å². The van der Waals surface area contributed by atoms with Crippen LogP contribution in [0.1, 0.15) is 27.0 Å². The molecule has 0 aliphatic heterocycles. The zero-order valence-corrected chi connectivity index (χ0v) is 17.6. The summed E-state index contributed by atoms with van der Waals surface area (Å²) in [5.74, 6) is 0.343. The SMILES string of the molecule is Cc1ccc(-c2ccncc2)cc1NC(=O)c1cccc(OCc2ccccc2C#N)c1. The van der Waals surface area contributed by atoms with Gasteiger partial charge in [0, 0.05) is 29.2 Å². The lowest BCUT2D eigenvalue weighted by Crippen LogP contribution is -2.13. The van der Waals surface area contributed by atoms with Crippen LogP contribution in [0.3, 0.4) is 0 Å². The Bertz CT molecular complexity index is 1290. The van der Waals surface area contributed by atoms with Gasteiger partial charge in [0.2, 0.25) is 0 Å². The molecule has 0 saturated carbocycles. The molecule has 0 saturated heterocycles. The summed E-state index contributed by atoms with van der Waals surface area (Å²) in [6.45, 7) is 2.21. The number of carbonyl (C=O) groups excluding carboxylic acids is 1. The van der Waals surface area contributed by atoms with Crippen LogP contribution in [-0.4, -0.2) is 10.9 Å². The fraction of sp³-hybridized carbons (Fsp3) is 0.0741. The molecule has 32 heavy (non-hydrogen) atoms. The highest BCUT2D eigenvalue weighted by Crippen LogP contribution is 2.26. The summed E-state index contributed by atoms with van der Waals surface area (Å²) in [4.78, 5) is 17.0. The average molecular weight is 419 g/mol. The number of carbonyl (C=O) groups is 1. The molecule has 0 aliphatic rings. The molecule has 0 unspecified atom stereocenters. The molecule has 0 spiro atoms. The zero-order chi connectivity index (χ0) is 22.3. The maximum Gasteiger partial charge on any atom is 0.255 e. The zero-order valence-electron chi connectivity index (χ0n) is 17.6. The summed E-state index contributed by atoms with van der Waals surface area (Å²) in [5.41, 5.74) is 5.62. The first-order chi connectivity index (χ1) is 15.6. The Morgan fingerprint density at radius 2 is 1.78 bits per heavy atom. The summed E-state index contributed by atoms with van der Waals surface area (Å²) in [6.07, 6.45) is 3.49. The Morgan fingerprint density at radius 3 is 2.59 bits per heavy atom. The summed E-state index contributed by atoms with van der Waals surface area (Å²) in [6, 6.07) is 26.3. The van der Waals surface area contributed by atoms with Crippen molar-refractivity contribution in [2.24, 2.45) is 0 Å². The second kappa shape index (κ2) is 9.59. The number of hydrogen-bond donors (Lipinski definition) is 1. The summed E-state index contributed by atoms with van der Waals surface area (Å²) in [7, 11) is 0. The number of pyridine rings is 1. The molecule has 1 heterocycles. The number of benzene rings is 3. The number of aryl methyl sites for hydroxylation is 1. The molecule has 0 radical (unpaired) electrons. The van der Waals surface area contributed by atoms with Crippen molar-refractivity contribution in [3.63, 3.8) is 0 Å². The van der Waals surface area contributed by atoms with Crippen LogP contribution < -0.4 is 10.1 Å². The van der Waals surface area contributed by atoms with E-state index in [2.05, 4.69) is 16.4 Å². The first-order valence-electron chi connectivity index (χ1n) is 10.2. The fourth-order valence-electron chi connectivity index (χ4n) is 3.32. The molecule has 156 valence electrons. The first kappa shape index (κ1) is 20.8. The van der Waals surface area contributed by atoms with Crippen LogP contribution in [0.4, 0.5) is 5.69 Å². The topological polar surface area (TPSA) is 75.0 Å². The predicted molar refractivity (Wildman–Crippen MR) is 124 cm³/mol. The number of amides is 1. The van der Waals surface area contributed by atoms with E-state index in [-0.39, 0.29) is 12.5 Å². The van der Waals surface area contributed by atoms with Gasteiger partial charge >= 0.3 is 0 Å². The number of nitriles is 1. The van der Waals surface area contributed by atoms with Gasteiger partial charge in [-0.25, -0.2) is 0 Å². The number of nitrogens with zero attached hydrogens (tertiary/aromatic N) is 2. The lowest BCUT2D eigenvalue weighted by atomic mass is 10.0. The van der Waals surface area contributed by atoms with Crippen LogP contribution in [-0.2, 0) is 6.61 Å². The smallest absolute Gasteiger partial charge is 0.255 e. The molecule has 1 aromatic heterocycles. The van der Waals surface area contributed by atoms with Crippen LogP contribution in [0, 0.1) is 18.3 Å². The molecule has 0 bridgehead atoms. The largest absolute Gasteiger partial charge is 0.489 e. The maximum atomic E-state index is 12.9. The maximum absolute atomic E-state index is 12.9. The Balaban J connectivity index is 1.49. The molecule has 5 nitrogen and oxygen atoms in total. The van der Waals surface area contributed by atoms with Gasteiger partial charge in [0.25, 0.3) is 5.91 Å². The van der Waals surface area contributed by atoms with Crippen molar-refractivity contribution in [3.05, 3.63) is 114 Å². The number of hydrogen-bond acceptors (Lipinski definition) is 4. The highest BCUT2D eigenvalue weighted by Gasteiger charge is 2.11. The van der Waals surface area contributed by atoms with Gasteiger partial charge in [-0.3, -0.25) is 9.78 Å². The summed E-state index contributed by atoms with van der Waals surface area (Å²) >= 11 is 0. The minimum atomic E-state index is -0.220. The van der Waals surface area contributed by atoms with E-state index < -0.39 is 0 Å². The van der Waals surface area contributed by atoms with E-state index in [0.717, 1.165) is 27.9 Å². The summed E-state index contributed by atoms with van der Waals surface area (Å²) in [5, 5.41) is 12.2. The molecule has 0 atom stereocenters. The van der Waals surface area contributed by atoms with Crippen molar-refractivity contribution < 1.29 is 9.53 Å². The van der Waals surface area contributed by atoms with E-state index in [1.807, 2.05) is 55.5 Å². The number of rotatable bonds is 6. The second-order valence-electron chi connectivity index (χ2n) is 7.31. The lowest BCUT2D eigenvalue weighted by Gasteiger charge is -2.12. The van der Waals surface area contributed by atoms with Crippen LogP contribution in [0.2, 0.25) is 0 Å². The van der Waals surface area contributed by atoms with Gasteiger partial charge in [-0.1, -0.05) is 36.4 Å². The molecule has 4 aromatic rings. The van der Waals surface area contributed by atoms with Crippen molar-refractivity contribution in [2.45, 2.75) is 13.5 Å². The van der Waals surface area contributed by atoms with Gasteiger partial charge in [0.05, 0.1) is 11.6 Å². The number of aromatic nitrogens is 1. The Morgan fingerprint density at radius 1 is 0.969 bits per heavy atom. The average Bonchev–Trinajstić information content (AvgIpc) is 2.85. The van der Waals surface area contributed by atoms with E-state index >= 15 is 0 Å². The van der Waals surface area contributed by atoms with Crippen molar-refractivity contribution in [1.29, 1.82) is 5.26 Å². The molecule has 1 N–H and O–H groups in total. The minimum Gasteiger partial charge on any atom is -0.489 e. The Kier molecular flexibility index (Phi) is 6.24. The van der Waals surface area contributed by atoms with Gasteiger partial charge < -0.3 is 10.1 Å². The van der Waals surface area contributed by atoms with Gasteiger partial charge in [0.15, 0.2) is 0 Å². The quantitative estimate of drug-likeness (QED) is 0.431. The molecular formula is C27H21N3O2. The van der Waals surface area contributed by atoms with E-state index in [1.165, 1.54) is 0 Å². The molecule has 5 heteroatoms. The standard InChI is InChI=1S/C27H21N3O2/c1-19-9-10-21(20-11-13-29-14-12-20)16-26(19)30-27(31)22-7-4-8-25(15-22)32-18-24-6-3-2-5-23(24)17-28/h2-16H,18H2,1H3,(H,30,31). The predicted octanol–water partition coefficient (Wildman–Crippen LogP) is 5.76. The Hall–Kier alpha value is -4.43. The van der Waals surface area contributed by atoms with Crippen molar-refractivity contribution >= 4 is 11.6 Å². The molecule has 3 aromatic carbocycles. The highest BCUT2D eigenvalue weighted by atomic mass is 16.5. The van der Waals surface area contributed by atoms with Crippen LogP contribution in [0.15, 0.2) is 91.3 Å². The van der Waals surface area contributed by atoms with Crippen LogP contribution in [0.25, 0.3) is 11.1 Å². The van der Waals surface area contributed by atoms with Crippen LogP contribution >= 0.6 is 0 Å². The highest BCUT2D eigenvalue weighted by molar-refractivity contribution is 6.05. The van der Waals surface area contributed by atoms with Gasteiger partial charge in [-0.2, -0.15) is 5.26 Å². The number of ether oxygens (including phenoxy) is 1. The third kappa shape index (κ3) is 4.82. The van der Waals surface area contributed by atoms with E-state index in [0.29, 0.717) is 16.9 Å². The number of anilines is 1. The second-order valence-corrected chi connectivity index (χ2v) is 7.31. The molecule has 4 rings (SSSR count). The van der Waals surface area contributed by atoms with E-state index in [9.17, 15) is 10.1 Å². The first-order valence-corrected chi connectivity index (χ1v) is 10.2. The van der Waals surface area contributed by atoms with Gasteiger partial charge in [0.1, 0.15) is 12.4 Å². The fourth-order valence-corrected chi connectivity index (χ4v) is 3.32. The number of nitrogens with one attached hydrogen (secondary N) is 1. The third-order valence-corrected chi connectivity index (χ3v) is 5.13. The lowest BCUT2D eigenvalue weighted by molar-refractivity contribution is 0.102. The summed E-state index contributed by atoms with van der Waals surface area (Å²) < 4.78 is 5.84. The van der Waals surface area contributed by atoms with Gasteiger partial charge in [-0.15, -0.1) is 0 Å². The Labute approximate surface area is 186 Å². The normalized spacial score (nSPS) is 10.2. The third-order valence-electron chi connectivity index (χ3n) is 5.13. The van der Waals surface area contributed by atoms with Gasteiger partial charge in [-0.05, 0) is 66.1 Å². The van der Waals surface area contributed by atoms with E-state index in [1.54, 1.807) is 42.7 Å². The molecular weight excluding hydrogens is 398 g/mol. The monoisotopic (exact) mass is 419 g/mol. The van der Waals surface area contributed by atoms with Crippen molar-refractivity contribution in [1.82, 2.24) is 4.98 Å². The van der Waals surface area contributed by atoms with E-state index in [4.69, 9.17) is 4.74 Å². The molecule has 1 amide bonds. The molecule has 0 aliphatic carbocycles.